The van der Waals surface area contributed by atoms with Gasteiger partial charge in [-0.3, -0.25) is 0 Å². The van der Waals surface area contributed by atoms with E-state index in [2.05, 4.69) is 6.58 Å². The van der Waals surface area contributed by atoms with Crippen molar-refractivity contribution < 1.29 is 8.42 Å². The molecule has 1 aromatic carbocycles. The Kier molecular flexibility index (Phi) is 3.47. The second-order valence-corrected chi connectivity index (χ2v) is 4.90. The van der Waals surface area contributed by atoms with Gasteiger partial charge in [0.1, 0.15) is 0 Å². The van der Waals surface area contributed by atoms with Crippen LogP contribution in [-0.2, 0) is 9.84 Å². The molecule has 0 atom stereocenters. The highest BCUT2D eigenvalue weighted by molar-refractivity contribution is 7.91. The normalized spacial score (nSPS) is 11.2. The van der Waals surface area contributed by atoms with Gasteiger partial charge in [0, 0.05) is 0 Å². The lowest BCUT2D eigenvalue weighted by Gasteiger charge is -2.06. The highest BCUT2D eigenvalue weighted by atomic mass is 32.2. The number of rotatable bonds is 4. The second kappa shape index (κ2) is 4.42. The zero-order valence-corrected chi connectivity index (χ0v) is 8.92. The smallest absolute Gasteiger partial charge is 0.182 e. The summed E-state index contributed by atoms with van der Waals surface area (Å²) in [6.45, 7) is 5.26. The fraction of sp³-hybridized carbons (Fsp3) is 0.182. The minimum Gasteiger partial charge on any atom is -0.223 e. The highest BCUT2D eigenvalue weighted by Crippen LogP contribution is 2.18. The van der Waals surface area contributed by atoms with Crippen LogP contribution in [0.15, 0.2) is 41.8 Å². The average Bonchev–Trinajstić information content (AvgIpc) is 2.18. The zero-order chi connectivity index (χ0) is 10.6. The van der Waals surface area contributed by atoms with E-state index in [4.69, 9.17) is 0 Å². The molecule has 14 heavy (non-hydrogen) atoms. The molecule has 0 aliphatic rings. The maximum Gasteiger partial charge on any atom is 0.182 e. The van der Waals surface area contributed by atoms with Gasteiger partial charge in [0.2, 0.25) is 0 Å². The van der Waals surface area contributed by atoms with Crippen LogP contribution in [0.25, 0.3) is 0 Å². The number of benzene rings is 1. The van der Waals surface area contributed by atoms with Crippen LogP contribution in [0.4, 0.5) is 0 Å². The molecule has 1 rings (SSSR count). The Morgan fingerprint density at radius 2 is 2.00 bits per heavy atom. The van der Waals surface area contributed by atoms with Crippen molar-refractivity contribution in [3.05, 3.63) is 48.9 Å². The molecule has 1 aromatic rings. The molecule has 3 heteroatoms. The van der Waals surface area contributed by atoms with E-state index in [9.17, 15) is 8.42 Å². The third kappa shape index (κ3) is 2.23. The van der Waals surface area contributed by atoms with E-state index >= 15 is 0 Å². The maximum absolute atomic E-state index is 11.7. The number of hydrogen-bond donors (Lipinski definition) is 0. The molecule has 0 spiro atoms. The van der Waals surface area contributed by atoms with Crippen LogP contribution in [0.1, 0.15) is 12.5 Å². The summed E-state index contributed by atoms with van der Waals surface area (Å²) >= 11 is 0. The Morgan fingerprint density at radius 3 is 2.57 bits per heavy atom. The molecule has 75 valence electrons. The first-order valence-electron chi connectivity index (χ1n) is 4.34. The number of sulfone groups is 1. The van der Waals surface area contributed by atoms with Gasteiger partial charge in [-0.15, -0.1) is 6.58 Å². The average molecular weight is 209 g/mol. The summed E-state index contributed by atoms with van der Waals surface area (Å²) in [6.07, 6.45) is 3.19. The van der Waals surface area contributed by atoms with Crippen LogP contribution in [0, 0.1) is 6.42 Å². The van der Waals surface area contributed by atoms with E-state index in [1.807, 2.05) is 13.0 Å². The summed E-state index contributed by atoms with van der Waals surface area (Å²) in [5.41, 5.74) is 0.745. The second-order valence-electron chi connectivity index (χ2n) is 2.90. The van der Waals surface area contributed by atoms with Crippen molar-refractivity contribution in [2.45, 2.75) is 11.8 Å². The molecule has 1 radical (unpaired) electrons. The van der Waals surface area contributed by atoms with Crippen LogP contribution in [0.2, 0.25) is 0 Å². The molecule has 0 bridgehead atoms. The maximum atomic E-state index is 11.7. The monoisotopic (exact) mass is 209 g/mol. The fourth-order valence-corrected chi connectivity index (χ4v) is 2.57. The Bertz CT molecular complexity index is 419. The summed E-state index contributed by atoms with van der Waals surface area (Å²) in [4.78, 5) is 0.377. The van der Waals surface area contributed by atoms with Gasteiger partial charge < -0.3 is 0 Å². The first-order chi connectivity index (χ1) is 6.61. The fourth-order valence-electron chi connectivity index (χ4n) is 1.25. The van der Waals surface area contributed by atoms with Crippen LogP contribution in [0.3, 0.4) is 0 Å². The molecule has 2 nitrogen and oxygen atoms in total. The molecule has 0 aromatic heterocycles. The molecule has 0 N–H and O–H groups in total. The van der Waals surface area contributed by atoms with Crippen molar-refractivity contribution in [1.29, 1.82) is 0 Å². The van der Waals surface area contributed by atoms with Crippen molar-refractivity contribution in [3.8, 4) is 0 Å². The van der Waals surface area contributed by atoms with Crippen molar-refractivity contribution in [2.75, 3.05) is 5.75 Å². The van der Waals surface area contributed by atoms with E-state index in [1.54, 1.807) is 24.6 Å². The molecule has 0 amide bonds. The topological polar surface area (TPSA) is 34.1 Å². The Morgan fingerprint density at radius 1 is 1.36 bits per heavy atom. The summed E-state index contributed by atoms with van der Waals surface area (Å²) < 4.78 is 23.4. The predicted molar refractivity (Wildman–Crippen MR) is 57.8 cm³/mol. The SMILES string of the molecule is C=CCS(=O)(=O)c1ccccc1[CH]C. The molecule has 0 saturated heterocycles. The van der Waals surface area contributed by atoms with Crippen molar-refractivity contribution >= 4 is 9.84 Å². The van der Waals surface area contributed by atoms with Gasteiger partial charge in [0.05, 0.1) is 10.6 Å². The van der Waals surface area contributed by atoms with E-state index in [0.717, 1.165) is 5.56 Å². The summed E-state index contributed by atoms with van der Waals surface area (Å²) in [5.74, 6) is -0.0160. The van der Waals surface area contributed by atoms with Crippen LogP contribution in [-0.4, -0.2) is 14.2 Å². The van der Waals surface area contributed by atoms with Gasteiger partial charge in [0.25, 0.3) is 0 Å². The Balaban J connectivity index is 3.24. The predicted octanol–water partition coefficient (Wildman–Crippen LogP) is 2.22. The molecular weight excluding hydrogens is 196 g/mol. The van der Waals surface area contributed by atoms with Crippen LogP contribution >= 0.6 is 0 Å². The van der Waals surface area contributed by atoms with E-state index in [-0.39, 0.29) is 5.75 Å². The van der Waals surface area contributed by atoms with Gasteiger partial charge in [-0.05, 0) is 18.1 Å². The molecular formula is C11H13O2S. The van der Waals surface area contributed by atoms with Gasteiger partial charge in [-0.25, -0.2) is 8.42 Å². The van der Waals surface area contributed by atoms with E-state index < -0.39 is 9.84 Å². The van der Waals surface area contributed by atoms with E-state index in [0.29, 0.717) is 4.90 Å². The molecule has 0 saturated carbocycles. The molecule has 0 aliphatic heterocycles. The summed E-state index contributed by atoms with van der Waals surface area (Å²) in [5, 5.41) is 0. The Hall–Kier alpha value is -1.09. The Labute approximate surface area is 85.2 Å². The first kappa shape index (κ1) is 11.0. The minimum atomic E-state index is -3.20. The molecule has 0 heterocycles. The lowest BCUT2D eigenvalue weighted by molar-refractivity contribution is 0.598. The summed E-state index contributed by atoms with van der Waals surface area (Å²) in [6, 6.07) is 6.95. The van der Waals surface area contributed by atoms with Gasteiger partial charge in [-0.2, -0.15) is 0 Å². The lowest BCUT2D eigenvalue weighted by atomic mass is 10.2. The van der Waals surface area contributed by atoms with Crippen molar-refractivity contribution in [3.63, 3.8) is 0 Å². The summed E-state index contributed by atoms with van der Waals surface area (Å²) in [7, 11) is -3.20. The molecule has 0 aliphatic carbocycles. The van der Waals surface area contributed by atoms with Crippen molar-refractivity contribution in [1.82, 2.24) is 0 Å². The highest BCUT2D eigenvalue weighted by Gasteiger charge is 2.15. The van der Waals surface area contributed by atoms with Gasteiger partial charge >= 0.3 is 0 Å². The first-order valence-corrected chi connectivity index (χ1v) is 5.99. The quantitative estimate of drug-likeness (QED) is 0.712. The van der Waals surface area contributed by atoms with Gasteiger partial charge in [0.15, 0.2) is 9.84 Å². The molecule has 0 unspecified atom stereocenters. The standard InChI is InChI=1S/C11H13O2S/c1-3-9-14(12,13)11-8-6-5-7-10(11)4-2/h3-8H,1,9H2,2H3. The lowest BCUT2D eigenvalue weighted by Crippen LogP contribution is -2.06. The third-order valence-corrected chi connectivity index (χ3v) is 3.62. The van der Waals surface area contributed by atoms with Crippen LogP contribution < -0.4 is 0 Å². The third-order valence-electron chi connectivity index (χ3n) is 1.90. The zero-order valence-electron chi connectivity index (χ0n) is 8.10. The largest absolute Gasteiger partial charge is 0.223 e. The van der Waals surface area contributed by atoms with Gasteiger partial charge in [-0.1, -0.05) is 31.2 Å². The number of hydrogen-bond acceptors (Lipinski definition) is 2. The van der Waals surface area contributed by atoms with E-state index in [1.165, 1.54) is 6.08 Å². The molecule has 0 fully saturated rings. The van der Waals surface area contributed by atoms with Crippen LogP contribution in [0.5, 0.6) is 0 Å². The minimum absolute atomic E-state index is 0.0160. The van der Waals surface area contributed by atoms with Crippen molar-refractivity contribution in [2.24, 2.45) is 0 Å².